The molecule has 0 aliphatic heterocycles. The van der Waals surface area contributed by atoms with Gasteiger partial charge in [-0.05, 0) is 36.8 Å². The van der Waals surface area contributed by atoms with Crippen LogP contribution in [0.2, 0.25) is 0 Å². The molecule has 3 aromatic rings. The number of hydrogen-bond acceptors (Lipinski definition) is 5. The van der Waals surface area contributed by atoms with Crippen molar-refractivity contribution < 1.29 is 17.9 Å². The number of benzene rings is 1. The predicted octanol–water partition coefficient (Wildman–Crippen LogP) is 3.54. The van der Waals surface area contributed by atoms with E-state index >= 15 is 0 Å². The highest BCUT2D eigenvalue weighted by atomic mass is 32.2. The number of aromatic nitrogens is 2. The number of hydrogen-bond donors (Lipinski definition) is 2. The third-order valence-corrected chi connectivity index (χ3v) is 6.15. The molecule has 2 N–H and O–H groups in total. The summed E-state index contributed by atoms with van der Waals surface area (Å²) < 4.78 is 30.8. The molecule has 8 heteroatoms. The quantitative estimate of drug-likeness (QED) is 0.624. The molecule has 160 valence electrons. The van der Waals surface area contributed by atoms with Gasteiger partial charge in [-0.1, -0.05) is 26.8 Å². The second kappa shape index (κ2) is 8.10. The number of aromatic amines is 1. The van der Waals surface area contributed by atoms with E-state index in [1.807, 2.05) is 29.0 Å². The molecule has 0 fully saturated rings. The van der Waals surface area contributed by atoms with Gasteiger partial charge in [-0.15, -0.1) is 0 Å². The van der Waals surface area contributed by atoms with Crippen LogP contribution in [0.3, 0.4) is 0 Å². The summed E-state index contributed by atoms with van der Waals surface area (Å²) in [5, 5.41) is 1.06. The van der Waals surface area contributed by atoms with Crippen LogP contribution >= 0.6 is 0 Å². The first kappa shape index (κ1) is 21.8. The minimum atomic E-state index is -3.65. The molecule has 0 bridgehead atoms. The average Bonchev–Trinajstić information content (AvgIpc) is 3.06. The normalized spacial score (nSPS) is 12.2. The number of ether oxygens (including phenoxy) is 1. The first-order chi connectivity index (χ1) is 14.0. The largest absolute Gasteiger partial charge is 0.497 e. The van der Waals surface area contributed by atoms with Crippen LogP contribution in [0.4, 0.5) is 0 Å². The molecule has 0 saturated carbocycles. The van der Waals surface area contributed by atoms with Crippen LogP contribution in [0, 0.1) is 0 Å². The molecule has 30 heavy (non-hydrogen) atoms. The van der Waals surface area contributed by atoms with Crippen LogP contribution in [0.15, 0.2) is 36.4 Å². The fraction of sp³-hybridized carbons (Fsp3) is 0.364. The Kier molecular flexibility index (Phi) is 5.90. The van der Waals surface area contributed by atoms with E-state index in [9.17, 15) is 13.2 Å². The number of carbonyl (C=O) groups is 1. The number of H-pyrrole nitrogens is 1. The van der Waals surface area contributed by atoms with Crippen molar-refractivity contribution in [3.63, 3.8) is 0 Å². The molecular weight excluding hydrogens is 402 g/mol. The summed E-state index contributed by atoms with van der Waals surface area (Å²) in [6.07, 6.45) is 0.501. The highest BCUT2D eigenvalue weighted by Gasteiger charge is 2.23. The first-order valence-electron chi connectivity index (χ1n) is 9.74. The lowest BCUT2D eigenvalue weighted by molar-refractivity contribution is 0.0976. The Bertz CT molecular complexity index is 1190. The van der Waals surface area contributed by atoms with Gasteiger partial charge in [0.1, 0.15) is 11.4 Å². The second-order valence-corrected chi connectivity index (χ2v) is 10.2. The van der Waals surface area contributed by atoms with Gasteiger partial charge in [-0.2, -0.15) is 0 Å². The van der Waals surface area contributed by atoms with Crippen molar-refractivity contribution in [2.24, 2.45) is 0 Å². The Labute approximate surface area is 176 Å². The Hall–Kier alpha value is -2.87. The molecular formula is C22H27N3O4S. The maximum absolute atomic E-state index is 12.3. The standard InChI is InChI=1S/C22H27N3O4S/c1-6-30(27,28)25-21(26)18-9-7-8-14(23-18)12-17-16-11-10-15(29-5)13-19(16)24-20(17)22(2,3)4/h7-11,13,24H,6,12H2,1-5H3,(H,25,26). The van der Waals surface area contributed by atoms with Gasteiger partial charge in [0.15, 0.2) is 0 Å². The molecule has 0 spiro atoms. The SMILES string of the molecule is CCS(=O)(=O)NC(=O)c1cccc(Cc2c(C(C)(C)C)[nH]c3cc(OC)ccc23)n1. The van der Waals surface area contributed by atoms with E-state index in [0.717, 1.165) is 27.9 Å². The van der Waals surface area contributed by atoms with Gasteiger partial charge in [0, 0.05) is 40.2 Å². The van der Waals surface area contributed by atoms with Gasteiger partial charge in [0.25, 0.3) is 5.91 Å². The van der Waals surface area contributed by atoms with E-state index in [1.165, 1.54) is 13.0 Å². The van der Waals surface area contributed by atoms with E-state index in [2.05, 4.69) is 30.7 Å². The van der Waals surface area contributed by atoms with Crippen LogP contribution in [0.1, 0.15) is 55.1 Å². The maximum atomic E-state index is 12.3. The first-order valence-corrected chi connectivity index (χ1v) is 11.4. The summed E-state index contributed by atoms with van der Waals surface area (Å²) in [6.45, 7) is 7.86. The lowest BCUT2D eigenvalue weighted by atomic mass is 9.87. The van der Waals surface area contributed by atoms with Crippen LogP contribution < -0.4 is 9.46 Å². The number of sulfonamides is 1. The zero-order valence-electron chi connectivity index (χ0n) is 17.9. The van der Waals surface area contributed by atoms with Crippen molar-refractivity contribution in [1.29, 1.82) is 0 Å². The van der Waals surface area contributed by atoms with E-state index in [1.54, 1.807) is 13.2 Å². The van der Waals surface area contributed by atoms with E-state index in [-0.39, 0.29) is 16.9 Å². The zero-order chi connectivity index (χ0) is 22.1. The molecule has 0 radical (unpaired) electrons. The highest BCUT2D eigenvalue weighted by Crippen LogP contribution is 2.34. The van der Waals surface area contributed by atoms with Gasteiger partial charge in [-0.25, -0.2) is 18.1 Å². The molecule has 2 heterocycles. The number of pyridine rings is 1. The van der Waals surface area contributed by atoms with Crippen molar-refractivity contribution in [1.82, 2.24) is 14.7 Å². The summed E-state index contributed by atoms with van der Waals surface area (Å²) in [5.41, 5.74) is 3.76. The highest BCUT2D eigenvalue weighted by molar-refractivity contribution is 7.90. The zero-order valence-corrected chi connectivity index (χ0v) is 18.7. The number of rotatable bonds is 6. The Morgan fingerprint density at radius 1 is 1.20 bits per heavy atom. The molecule has 2 aromatic heterocycles. The van der Waals surface area contributed by atoms with Gasteiger partial charge in [0.05, 0.1) is 12.9 Å². The summed E-state index contributed by atoms with van der Waals surface area (Å²) in [5.74, 6) is -0.130. The minimum Gasteiger partial charge on any atom is -0.497 e. The average molecular weight is 430 g/mol. The third kappa shape index (κ3) is 4.64. The molecule has 7 nitrogen and oxygen atoms in total. The van der Waals surface area contributed by atoms with Crippen molar-refractivity contribution in [2.75, 3.05) is 12.9 Å². The molecule has 0 aliphatic rings. The van der Waals surface area contributed by atoms with E-state index < -0.39 is 15.9 Å². The van der Waals surface area contributed by atoms with Crippen LogP contribution in [-0.2, 0) is 21.9 Å². The van der Waals surface area contributed by atoms with Crippen molar-refractivity contribution >= 4 is 26.8 Å². The summed E-state index contributed by atoms with van der Waals surface area (Å²) in [4.78, 5) is 20.2. The smallest absolute Gasteiger partial charge is 0.283 e. The Morgan fingerprint density at radius 2 is 1.93 bits per heavy atom. The van der Waals surface area contributed by atoms with Gasteiger partial charge in [-0.3, -0.25) is 4.79 Å². The third-order valence-electron chi connectivity index (χ3n) is 4.89. The molecule has 1 aromatic carbocycles. The fourth-order valence-corrected chi connectivity index (χ4v) is 3.87. The monoisotopic (exact) mass is 429 g/mol. The lowest BCUT2D eigenvalue weighted by Crippen LogP contribution is -2.32. The number of amides is 1. The number of nitrogens with one attached hydrogen (secondary N) is 2. The van der Waals surface area contributed by atoms with Gasteiger partial charge >= 0.3 is 0 Å². The van der Waals surface area contributed by atoms with Crippen LogP contribution in [0.25, 0.3) is 10.9 Å². The van der Waals surface area contributed by atoms with Crippen LogP contribution in [0.5, 0.6) is 5.75 Å². The fourth-order valence-electron chi connectivity index (χ4n) is 3.34. The summed E-state index contributed by atoms with van der Waals surface area (Å²) in [7, 11) is -2.01. The molecule has 0 unspecified atom stereocenters. The number of carbonyl (C=O) groups excluding carboxylic acids is 1. The molecule has 3 rings (SSSR count). The molecule has 0 aliphatic carbocycles. The molecule has 1 amide bonds. The maximum Gasteiger partial charge on any atom is 0.283 e. The van der Waals surface area contributed by atoms with E-state index in [0.29, 0.717) is 12.1 Å². The van der Waals surface area contributed by atoms with Crippen molar-refractivity contribution in [3.05, 3.63) is 59.0 Å². The number of methoxy groups -OCH3 is 1. The summed E-state index contributed by atoms with van der Waals surface area (Å²) >= 11 is 0. The minimum absolute atomic E-state index is 0.0725. The molecule has 0 atom stereocenters. The van der Waals surface area contributed by atoms with Crippen LogP contribution in [-0.4, -0.2) is 37.2 Å². The van der Waals surface area contributed by atoms with Gasteiger partial charge in [0.2, 0.25) is 10.0 Å². The molecule has 0 saturated heterocycles. The Balaban J connectivity index is 2.01. The second-order valence-electron chi connectivity index (χ2n) is 8.17. The number of fused-ring (bicyclic) bond motifs is 1. The lowest BCUT2D eigenvalue weighted by Gasteiger charge is -2.19. The van der Waals surface area contributed by atoms with Crippen molar-refractivity contribution in [2.45, 2.75) is 39.5 Å². The van der Waals surface area contributed by atoms with E-state index in [4.69, 9.17) is 4.74 Å². The summed E-state index contributed by atoms with van der Waals surface area (Å²) in [6, 6.07) is 10.9. The number of nitrogens with zero attached hydrogens (tertiary/aromatic N) is 1. The van der Waals surface area contributed by atoms with Gasteiger partial charge < -0.3 is 9.72 Å². The Morgan fingerprint density at radius 3 is 2.57 bits per heavy atom. The predicted molar refractivity (Wildman–Crippen MR) is 118 cm³/mol. The topological polar surface area (TPSA) is 101 Å². The van der Waals surface area contributed by atoms with Crippen molar-refractivity contribution in [3.8, 4) is 5.75 Å².